The van der Waals surface area contributed by atoms with E-state index in [9.17, 15) is 35.4 Å². The fourth-order valence-electron chi connectivity index (χ4n) is 2.90. The van der Waals surface area contributed by atoms with Crippen molar-refractivity contribution in [1.29, 1.82) is 0 Å². The SMILES string of the molecule is C(NCc1ccccc1)=[N+]1CCCCC1.O=[N+]([O-])c1cc([N+](=O)[O-])c([O-])c([N+](=O)[O-])c1. The Kier molecular flexibility index (Phi) is 8.37. The third-order valence-corrected chi connectivity index (χ3v) is 4.45. The molecule has 1 aliphatic heterocycles. The fraction of sp³-hybridized carbons (Fsp3) is 0.316. The summed E-state index contributed by atoms with van der Waals surface area (Å²) >= 11 is 0. The molecule has 164 valence electrons. The molecule has 2 aromatic rings. The summed E-state index contributed by atoms with van der Waals surface area (Å²) in [6.07, 6.45) is 6.21. The van der Waals surface area contributed by atoms with Crippen LogP contribution >= 0.6 is 0 Å². The van der Waals surface area contributed by atoms with Gasteiger partial charge in [-0.1, -0.05) is 30.3 Å². The molecule has 12 nitrogen and oxygen atoms in total. The maximum Gasteiger partial charge on any atom is 0.283 e. The molecule has 31 heavy (non-hydrogen) atoms. The zero-order valence-corrected chi connectivity index (χ0v) is 16.5. The molecule has 0 amide bonds. The van der Waals surface area contributed by atoms with Crippen LogP contribution in [0.15, 0.2) is 42.5 Å². The third kappa shape index (κ3) is 7.03. The molecule has 0 radical (unpaired) electrons. The number of nitro benzene ring substituents is 3. The van der Waals surface area contributed by atoms with Crippen molar-refractivity contribution in [2.24, 2.45) is 0 Å². The largest absolute Gasteiger partial charge is 0.863 e. The Morgan fingerprint density at radius 3 is 1.90 bits per heavy atom. The van der Waals surface area contributed by atoms with Crippen LogP contribution in [-0.4, -0.2) is 38.8 Å². The van der Waals surface area contributed by atoms with Crippen LogP contribution in [0.4, 0.5) is 17.1 Å². The lowest BCUT2D eigenvalue weighted by Gasteiger charge is -2.12. The topological polar surface area (TPSA) is 168 Å². The molecule has 1 fully saturated rings. The minimum absolute atomic E-state index is 0.384. The molecular formula is C19H21N5O7. The zero-order chi connectivity index (χ0) is 22.8. The van der Waals surface area contributed by atoms with Crippen LogP contribution in [0, 0.1) is 30.3 Å². The average molecular weight is 431 g/mol. The molecular weight excluding hydrogens is 410 g/mol. The van der Waals surface area contributed by atoms with E-state index in [-0.39, 0.29) is 0 Å². The van der Waals surface area contributed by atoms with Gasteiger partial charge >= 0.3 is 0 Å². The number of rotatable bonds is 6. The highest BCUT2D eigenvalue weighted by molar-refractivity contribution is 5.64. The summed E-state index contributed by atoms with van der Waals surface area (Å²) in [4.78, 5) is 27.5. The minimum Gasteiger partial charge on any atom is -0.863 e. The third-order valence-electron chi connectivity index (χ3n) is 4.45. The molecule has 3 rings (SSSR count). The van der Waals surface area contributed by atoms with Crippen molar-refractivity contribution in [1.82, 2.24) is 5.32 Å². The average Bonchev–Trinajstić information content (AvgIpc) is 2.75. The zero-order valence-electron chi connectivity index (χ0n) is 16.5. The number of nitrogens with zero attached hydrogens (tertiary/aromatic N) is 4. The van der Waals surface area contributed by atoms with E-state index in [2.05, 4.69) is 46.6 Å². The Morgan fingerprint density at radius 2 is 1.42 bits per heavy atom. The van der Waals surface area contributed by atoms with Crippen molar-refractivity contribution in [3.8, 4) is 5.75 Å². The Bertz CT molecular complexity index is 936. The van der Waals surface area contributed by atoms with Gasteiger partial charge in [-0.25, -0.2) is 0 Å². The Balaban J connectivity index is 0.000000220. The number of nitro groups is 3. The molecule has 1 aliphatic rings. The Labute approximate surface area is 176 Å². The van der Waals surface area contributed by atoms with Crippen molar-refractivity contribution in [3.63, 3.8) is 0 Å². The fourth-order valence-corrected chi connectivity index (χ4v) is 2.90. The summed E-state index contributed by atoms with van der Waals surface area (Å²) in [5, 5.41) is 45.5. The summed E-state index contributed by atoms with van der Waals surface area (Å²) in [7, 11) is 0. The highest BCUT2D eigenvalue weighted by Crippen LogP contribution is 2.36. The first-order valence-electron chi connectivity index (χ1n) is 9.42. The van der Waals surface area contributed by atoms with Gasteiger partial charge in [0, 0.05) is 0 Å². The highest BCUT2D eigenvalue weighted by Gasteiger charge is 2.24. The van der Waals surface area contributed by atoms with Gasteiger partial charge in [0.15, 0.2) is 0 Å². The molecule has 0 spiro atoms. The lowest BCUT2D eigenvalue weighted by molar-refractivity contribution is -0.534. The second-order valence-corrected chi connectivity index (χ2v) is 6.68. The summed E-state index contributed by atoms with van der Waals surface area (Å²) in [5.74, 6) is -1.46. The molecule has 0 saturated carbocycles. The predicted molar refractivity (Wildman–Crippen MR) is 109 cm³/mol. The van der Waals surface area contributed by atoms with E-state index in [1.165, 1.54) is 37.9 Å². The summed E-state index contributed by atoms with van der Waals surface area (Å²) < 4.78 is 2.38. The molecule has 0 unspecified atom stereocenters. The van der Waals surface area contributed by atoms with Gasteiger partial charge in [-0.05, 0) is 24.8 Å². The number of nitrogens with one attached hydrogen (secondary N) is 1. The molecule has 12 heteroatoms. The number of benzene rings is 2. The number of hydrogen-bond acceptors (Lipinski definition) is 7. The first-order chi connectivity index (χ1) is 14.8. The van der Waals surface area contributed by atoms with Crippen LogP contribution in [-0.2, 0) is 6.54 Å². The van der Waals surface area contributed by atoms with Crippen LogP contribution in [0.25, 0.3) is 0 Å². The summed E-state index contributed by atoms with van der Waals surface area (Å²) in [6, 6.07) is 11.3. The number of piperidine rings is 1. The van der Waals surface area contributed by atoms with Crippen molar-refractivity contribution in [3.05, 3.63) is 78.4 Å². The second kappa shape index (κ2) is 11.2. The van der Waals surface area contributed by atoms with E-state index in [1.54, 1.807) is 0 Å². The maximum absolute atomic E-state index is 11.1. The van der Waals surface area contributed by atoms with Gasteiger partial charge in [0.25, 0.3) is 17.1 Å². The summed E-state index contributed by atoms with van der Waals surface area (Å²) in [5.41, 5.74) is -1.93. The normalized spacial score (nSPS) is 12.8. The van der Waals surface area contributed by atoms with Gasteiger partial charge in [-0.3, -0.25) is 40.2 Å². The molecule has 0 bridgehead atoms. The molecule has 0 aromatic heterocycles. The quantitative estimate of drug-likeness (QED) is 0.315. The van der Waals surface area contributed by atoms with E-state index in [0.717, 1.165) is 6.54 Å². The minimum atomic E-state index is -1.46. The van der Waals surface area contributed by atoms with E-state index in [1.807, 2.05) is 0 Å². The summed E-state index contributed by atoms with van der Waals surface area (Å²) in [6.45, 7) is 3.35. The first-order valence-corrected chi connectivity index (χ1v) is 9.42. The van der Waals surface area contributed by atoms with Crippen molar-refractivity contribution < 1.29 is 24.5 Å². The predicted octanol–water partition coefficient (Wildman–Crippen LogP) is 2.49. The van der Waals surface area contributed by atoms with E-state index >= 15 is 0 Å². The van der Waals surface area contributed by atoms with Crippen molar-refractivity contribution >= 4 is 23.4 Å². The van der Waals surface area contributed by atoms with E-state index in [4.69, 9.17) is 0 Å². The van der Waals surface area contributed by atoms with Gasteiger partial charge in [0.1, 0.15) is 6.54 Å². The van der Waals surface area contributed by atoms with Crippen LogP contribution in [0.1, 0.15) is 24.8 Å². The number of hydrogen-bond donors (Lipinski definition) is 1. The van der Waals surface area contributed by atoms with E-state index in [0.29, 0.717) is 12.1 Å². The molecule has 0 atom stereocenters. The lowest BCUT2D eigenvalue weighted by Crippen LogP contribution is -2.27. The number of non-ortho nitro benzene ring substituents is 1. The standard InChI is InChI=1S/C13H18N2.C6H3N3O7/c1-3-7-13(8-4-1)11-14-12-15-9-5-2-6-10-15;10-6-4(8(13)14)1-3(7(11)12)2-5(6)9(15)16/h1,3-4,7-8,12H,2,5-6,9-11H2;1-2,10H. The van der Waals surface area contributed by atoms with Crippen molar-refractivity contribution in [2.75, 3.05) is 13.1 Å². The molecule has 1 heterocycles. The smallest absolute Gasteiger partial charge is 0.283 e. The monoisotopic (exact) mass is 431 g/mol. The maximum atomic E-state index is 11.1. The molecule has 1 N–H and O–H groups in total. The van der Waals surface area contributed by atoms with Crippen LogP contribution in [0.2, 0.25) is 0 Å². The van der Waals surface area contributed by atoms with E-state index < -0.39 is 37.6 Å². The van der Waals surface area contributed by atoms with Gasteiger partial charge in [0.05, 0.1) is 45.7 Å². The van der Waals surface area contributed by atoms with Gasteiger partial charge in [-0.2, -0.15) is 0 Å². The second-order valence-electron chi connectivity index (χ2n) is 6.68. The van der Waals surface area contributed by atoms with Gasteiger partial charge in [0.2, 0.25) is 6.34 Å². The lowest BCUT2D eigenvalue weighted by atomic mass is 10.2. The molecule has 0 aliphatic carbocycles. The molecule has 1 saturated heterocycles. The van der Waals surface area contributed by atoms with Gasteiger partial charge < -0.3 is 5.11 Å². The Hall–Kier alpha value is -4.09. The highest BCUT2D eigenvalue weighted by atomic mass is 16.6. The first kappa shape index (κ1) is 23.2. The van der Waals surface area contributed by atoms with Crippen LogP contribution < -0.4 is 10.4 Å². The van der Waals surface area contributed by atoms with Crippen molar-refractivity contribution in [2.45, 2.75) is 25.8 Å². The Morgan fingerprint density at radius 1 is 0.871 bits per heavy atom. The molecule has 2 aromatic carbocycles. The van der Waals surface area contributed by atoms with Gasteiger partial charge in [-0.15, -0.1) is 0 Å². The van der Waals surface area contributed by atoms with Crippen LogP contribution in [0.5, 0.6) is 5.75 Å². The van der Waals surface area contributed by atoms with Crippen LogP contribution in [0.3, 0.4) is 0 Å².